The standard InChI is InChI=1S/C15H32/c1-6-9-14(7-2)12-15(8-3)11-10-13(4)5/h13-15H,6-12H2,1-5H3. The number of rotatable bonds is 9. The van der Waals surface area contributed by atoms with Crippen LogP contribution < -0.4 is 0 Å². The molecule has 0 aliphatic carbocycles. The Hall–Kier alpha value is 0. The first kappa shape index (κ1) is 15.0. The largest absolute Gasteiger partial charge is 0.0654 e. The second-order valence-corrected chi connectivity index (χ2v) is 5.54. The predicted molar refractivity (Wildman–Crippen MR) is 71.2 cm³/mol. The average Bonchev–Trinajstić information content (AvgIpc) is 2.22. The molecule has 0 aromatic carbocycles. The van der Waals surface area contributed by atoms with Crippen molar-refractivity contribution in [1.82, 2.24) is 0 Å². The lowest BCUT2D eigenvalue weighted by Gasteiger charge is -2.22. The van der Waals surface area contributed by atoms with Crippen molar-refractivity contribution in [3.8, 4) is 0 Å². The molecular weight excluding hydrogens is 180 g/mol. The number of hydrogen-bond acceptors (Lipinski definition) is 0. The highest BCUT2D eigenvalue weighted by Gasteiger charge is 2.13. The van der Waals surface area contributed by atoms with E-state index >= 15 is 0 Å². The fourth-order valence-electron chi connectivity index (χ4n) is 2.43. The first-order valence-corrected chi connectivity index (χ1v) is 7.13. The van der Waals surface area contributed by atoms with Gasteiger partial charge in [0.1, 0.15) is 0 Å². The zero-order valence-corrected chi connectivity index (χ0v) is 11.7. The lowest BCUT2D eigenvalue weighted by atomic mass is 9.84. The number of hydrogen-bond donors (Lipinski definition) is 0. The molecule has 0 heteroatoms. The van der Waals surface area contributed by atoms with E-state index in [0.29, 0.717) is 0 Å². The summed E-state index contributed by atoms with van der Waals surface area (Å²) in [5.74, 6) is 2.86. The molecule has 15 heavy (non-hydrogen) atoms. The summed E-state index contributed by atoms with van der Waals surface area (Å²) in [5, 5.41) is 0. The molecule has 2 atom stereocenters. The fraction of sp³-hybridized carbons (Fsp3) is 1.00. The minimum Gasteiger partial charge on any atom is -0.0654 e. The highest BCUT2D eigenvalue weighted by atomic mass is 14.2. The molecule has 0 aliphatic rings. The molecule has 2 unspecified atom stereocenters. The molecule has 0 nitrogen and oxygen atoms in total. The van der Waals surface area contributed by atoms with Crippen LogP contribution in [0.5, 0.6) is 0 Å². The van der Waals surface area contributed by atoms with Crippen LogP contribution in [0.1, 0.15) is 79.6 Å². The van der Waals surface area contributed by atoms with Crippen LogP contribution in [0.2, 0.25) is 0 Å². The smallest absolute Gasteiger partial charge is 0.0414 e. The zero-order chi connectivity index (χ0) is 11.7. The van der Waals surface area contributed by atoms with E-state index in [1.807, 2.05) is 0 Å². The van der Waals surface area contributed by atoms with Crippen molar-refractivity contribution >= 4 is 0 Å². The molecule has 0 amide bonds. The van der Waals surface area contributed by atoms with Crippen molar-refractivity contribution in [2.75, 3.05) is 0 Å². The summed E-state index contributed by atoms with van der Waals surface area (Å²) < 4.78 is 0. The van der Waals surface area contributed by atoms with Crippen LogP contribution in [0.3, 0.4) is 0 Å². The van der Waals surface area contributed by atoms with Gasteiger partial charge in [0.25, 0.3) is 0 Å². The Labute approximate surface area is 97.8 Å². The molecule has 0 rings (SSSR count). The monoisotopic (exact) mass is 212 g/mol. The van der Waals surface area contributed by atoms with Crippen LogP contribution in [-0.2, 0) is 0 Å². The van der Waals surface area contributed by atoms with E-state index in [-0.39, 0.29) is 0 Å². The van der Waals surface area contributed by atoms with Crippen LogP contribution in [-0.4, -0.2) is 0 Å². The van der Waals surface area contributed by atoms with Gasteiger partial charge in [-0.2, -0.15) is 0 Å². The maximum atomic E-state index is 2.36. The summed E-state index contributed by atoms with van der Waals surface area (Å²) in [4.78, 5) is 0. The van der Waals surface area contributed by atoms with Gasteiger partial charge in [0, 0.05) is 0 Å². The van der Waals surface area contributed by atoms with Crippen LogP contribution in [0.15, 0.2) is 0 Å². The summed E-state index contributed by atoms with van der Waals surface area (Å²) in [6.45, 7) is 11.7. The molecule has 92 valence electrons. The van der Waals surface area contributed by atoms with Crippen molar-refractivity contribution in [3.05, 3.63) is 0 Å². The Balaban J connectivity index is 3.83. The van der Waals surface area contributed by atoms with Gasteiger partial charge in [-0.05, 0) is 24.2 Å². The quantitative estimate of drug-likeness (QED) is 0.462. The molecule has 0 heterocycles. The second-order valence-electron chi connectivity index (χ2n) is 5.54. The SMILES string of the molecule is CCCC(CC)CC(CC)CCC(C)C. The highest BCUT2D eigenvalue weighted by Crippen LogP contribution is 2.26. The van der Waals surface area contributed by atoms with Gasteiger partial charge in [-0.3, -0.25) is 0 Å². The first-order chi connectivity index (χ1) is 7.13. The van der Waals surface area contributed by atoms with Gasteiger partial charge >= 0.3 is 0 Å². The van der Waals surface area contributed by atoms with Crippen LogP contribution in [0, 0.1) is 17.8 Å². The predicted octanol–water partition coefficient (Wildman–Crippen LogP) is 5.67. The Morgan fingerprint density at radius 2 is 1.27 bits per heavy atom. The zero-order valence-electron chi connectivity index (χ0n) is 11.7. The van der Waals surface area contributed by atoms with Crippen LogP contribution in [0.25, 0.3) is 0 Å². The molecular formula is C15H32. The Kier molecular flexibility index (Phi) is 9.24. The van der Waals surface area contributed by atoms with Crippen molar-refractivity contribution < 1.29 is 0 Å². The molecule has 0 spiro atoms. The van der Waals surface area contributed by atoms with Gasteiger partial charge in [-0.25, -0.2) is 0 Å². The highest BCUT2D eigenvalue weighted by molar-refractivity contribution is 4.65. The van der Waals surface area contributed by atoms with Gasteiger partial charge in [0.2, 0.25) is 0 Å². The summed E-state index contributed by atoms with van der Waals surface area (Å²) >= 11 is 0. The van der Waals surface area contributed by atoms with Gasteiger partial charge in [0.05, 0.1) is 0 Å². The van der Waals surface area contributed by atoms with Gasteiger partial charge in [-0.15, -0.1) is 0 Å². The summed E-state index contributed by atoms with van der Waals surface area (Å²) in [6.07, 6.45) is 9.91. The molecule has 0 aromatic heterocycles. The van der Waals surface area contributed by atoms with Crippen molar-refractivity contribution in [1.29, 1.82) is 0 Å². The van der Waals surface area contributed by atoms with Gasteiger partial charge in [0.15, 0.2) is 0 Å². The van der Waals surface area contributed by atoms with E-state index in [4.69, 9.17) is 0 Å². The molecule has 0 bridgehead atoms. The van der Waals surface area contributed by atoms with E-state index in [9.17, 15) is 0 Å². The lowest BCUT2D eigenvalue weighted by Crippen LogP contribution is -2.09. The second kappa shape index (κ2) is 9.24. The van der Waals surface area contributed by atoms with Gasteiger partial charge in [-0.1, -0.05) is 73.1 Å². The van der Waals surface area contributed by atoms with Gasteiger partial charge < -0.3 is 0 Å². The Bertz CT molecular complexity index is 126. The molecule has 0 fully saturated rings. The molecule has 0 saturated heterocycles. The van der Waals surface area contributed by atoms with Crippen LogP contribution in [0.4, 0.5) is 0 Å². The van der Waals surface area contributed by atoms with E-state index < -0.39 is 0 Å². The van der Waals surface area contributed by atoms with Crippen molar-refractivity contribution in [2.24, 2.45) is 17.8 Å². The van der Waals surface area contributed by atoms with Crippen molar-refractivity contribution in [2.45, 2.75) is 79.6 Å². The molecule has 0 aliphatic heterocycles. The molecule has 0 saturated carbocycles. The third-order valence-corrected chi connectivity index (χ3v) is 3.67. The average molecular weight is 212 g/mol. The third-order valence-electron chi connectivity index (χ3n) is 3.67. The first-order valence-electron chi connectivity index (χ1n) is 7.13. The summed E-state index contributed by atoms with van der Waals surface area (Å²) in [5.41, 5.74) is 0. The van der Waals surface area contributed by atoms with Crippen LogP contribution >= 0.6 is 0 Å². The Morgan fingerprint density at radius 3 is 1.67 bits per heavy atom. The minimum atomic E-state index is 0.880. The minimum absolute atomic E-state index is 0.880. The topological polar surface area (TPSA) is 0 Å². The van der Waals surface area contributed by atoms with Crippen molar-refractivity contribution in [3.63, 3.8) is 0 Å². The third kappa shape index (κ3) is 7.88. The van der Waals surface area contributed by atoms with E-state index in [1.165, 1.54) is 44.9 Å². The summed E-state index contributed by atoms with van der Waals surface area (Å²) in [6, 6.07) is 0. The maximum absolute atomic E-state index is 2.36. The molecule has 0 aromatic rings. The molecule has 0 radical (unpaired) electrons. The van der Waals surface area contributed by atoms with E-state index in [1.54, 1.807) is 0 Å². The lowest BCUT2D eigenvalue weighted by molar-refractivity contribution is 0.304. The Morgan fingerprint density at radius 1 is 0.733 bits per heavy atom. The molecule has 0 N–H and O–H groups in total. The fourth-order valence-corrected chi connectivity index (χ4v) is 2.43. The normalized spacial score (nSPS) is 15.6. The van der Waals surface area contributed by atoms with E-state index in [0.717, 1.165) is 17.8 Å². The summed E-state index contributed by atoms with van der Waals surface area (Å²) in [7, 11) is 0. The maximum Gasteiger partial charge on any atom is -0.0414 e. The van der Waals surface area contributed by atoms with E-state index in [2.05, 4.69) is 34.6 Å².